The van der Waals surface area contributed by atoms with E-state index < -0.39 is 11.5 Å². The molecule has 0 aliphatic carbocycles. The Morgan fingerprint density at radius 1 is 1.35 bits per heavy atom. The zero-order valence-corrected chi connectivity index (χ0v) is 13.4. The first-order chi connectivity index (χ1) is 10.8. The zero-order valence-electron chi connectivity index (χ0n) is 12.6. The van der Waals surface area contributed by atoms with Crippen LogP contribution in [0, 0.1) is 0 Å². The fourth-order valence-electron chi connectivity index (χ4n) is 1.67. The molecule has 23 heavy (non-hydrogen) atoms. The topological polar surface area (TPSA) is 93.5 Å². The van der Waals surface area contributed by atoms with Crippen molar-refractivity contribution in [3.05, 3.63) is 41.7 Å². The van der Waals surface area contributed by atoms with E-state index in [-0.39, 0.29) is 12.5 Å². The molecule has 8 heteroatoms. The molecule has 2 aromatic rings. The van der Waals surface area contributed by atoms with Crippen LogP contribution in [0.5, 0.6) is 5.75 Å². The number of carbonyl (C=O) groups is 2. The van der Waals surface area contributed by atoms with Crippen molar-refractivity contribution in [2.45, 2.75) is 19.4 Å². The van der Waals surface area contributed by atoms with Gasteiger partial charge >= 0.3 is 5.97 Å². The standard InChI is InChI=1S/C15H16ClN3O4/c1-15(2,14(21)22)19-8-11(7-17-19)18-13(20)9-23-12-5-3-10(16)4-6-12/h3-8H,9H2,1-2H3,(H,18,20)(H,21,22). The van der Waals surface area contributed by atoms with Crippen LogP contribution in [-0.4, -0.2) is 33.4 Å². The molecule has 0 saturated heterocycles. The Kier molecular flexibility index (Phi) is 4.90. The van der Waals surface area contributed by atoms with Crippen LogP contribution in [0.2, 0.25) is 5.02 Å². The molecule has 0 atom stereocenters. The Morgan fingerprint density at radius 2 is 2.00 bits per heavy atom. The number of nitrogens with one attached hydrogen (secondary N) is 1. The molecule has 1 aromatic heterocycles. The minimum absolute atomic E-state index is 0.185. The molecule has 1 heterocycles. The Labute approximate surface area is 137 Å². The summed E-state index contributed by atoms with van der Waals surface area (Å²) in [5.41, 5.74) is -0.813. The second-order valence-electron chi connectivity index (χ2n) is 5.33. The maximum atomic E-state index is 11.8. The molecule has 7 nitrogen and oxygen atoms in total. The molecule has 2 N–H and O–H groups in total. The number of amides is 1. The highest BCUT2D eigenvalue weighted by atomic mass is 35.5. The van der Waals surface area contributed by atoms with Gasteiger partial charge in [0.25, 0.3) is 5.91 Å². The van der Waals surface area contributed by atoms with Crippen LogP contribution in [0.15, 0.2) is 36.7 Å². The lowest BCUT2D eigenvalue weighted by molar-refractivity contribution is -0.146. The molecule has 0 fully saturated rings. The van der Waals surface area contributed by atoms with Crippen LogP contribution in [-0.2, 0) is 15.1 Å². The number of rotatable bonds is 6. The highest BCUT2D eigenvalue weighted by Gasteiger charge is 2.30. The van der Waals surface area contributed by atoms with Gasteiger partial charge in [-0.15, -0.1) is 0 Å². The van der Waals surface area contributed by atoms with E-state index in [1.165, 1.54) is 30.9 Å². The van der Waals surface area contributed by atoms with Crippen molar-refractivity contribution in [2.75, 3.05) is 11.9 Å². The number of carbonyl (C=O) groups excluding carboxylic acids is 1. The molecule has 1 amide bonds. The third kappa shape index (κ3) is 4.23. The average molecular weight is 338 g/mol. The second kappa shape index (κ2) is 6.70. The van der Waals surface area contributed by atoms with E-state index in [2.05, 4.69) is 10.4 Å². The SMILES string of the molecule is CC(C)(C(=O)O)n1cc(NC(=O)COc2ccc(Cl)cc2)cn1. The van der Waals surface area contributed by atoms with Gasteiger partial charge in [-0.25, -0.2) is 4.79 Å². The van der Waals surface area contributed by atoms with E-state index >= 15 is 0 Å². The largest absolute Gasteiger partial charge is 0.484 e. The van der Waals surface area contributed by atoms with Gasteiger partial charge in [0.05, 0.1) is 11.9 Å². The molecule has 122 valence electrons. The lowest BCUT2D eigenvalue weighted by atomic mass is 10.1. The molecule has 2 rings (SSSR count). The lowest BCUT2D eigenvalue weighted by Crippen LogP contribution is -2.35. The van der Waals surface area contributed by atoms with Gasteiger partial charge < -0.3 is 15.2 Å². The van der Waals surface area contributed by atoms with E-state index in [0.717, 1.165) is 0 Å². The van der Waals surface area contributed by atoms with Crippen LogP contribution in [0.1, 0.15) is 13.8 Å². The molecule has 0 spiro atoms. The maximum Gasteiger partial charge on any atom is 0.331 e. The maximum absolute atomic E-state index is 11.8. The summed E-state index contributed by atoms with van der Waals surface area (Å²) in [6.07, 6.45) is 2.83. The number of halogens is 1. The van der Waals surface area contributed by atoms with Crippen LogP contribution in [0.4, 0.5) is 5.69 Å². The molecular weight excluding hydrogens is 322 g/mol. The lowest BCUT2D eigenvalue weighted by Gasteiger charge is -2.19. The van der Waals surface area contributed by atoms with Crippen LogP contribution in [0.3, 0.4) is 0 Å². The van der Waals surface area contributed by atoms with Gasteiger partial charge in [-0.1, -0.05) is 11.6 Å². The number of aromatic nitrogens is 2. The summed E-state index contributed by atoms with van der Waals surface area (Å²) < 4.78 is 6.58. The number of anilines is 1. The van der Waals surface area contributed by atoms with E-state index in [0.29, 0.717) is 16.5 Å². The molecular formula is C15H16ClN3O4. The fourth-order valence-corrected chi connectivity index (χ4v) is 1.79. The number of carboxylic acids is 1. The molecule has 0 bridgehead atoms. The number of carboxylic acid groups (broad SMARTS) is 1. The first-order valence-corrected chi connectivity index (χ1v) is 7.13. The van der Waals surface area contributed by atoms with E-state index in [4.69, 9.17) is 21.4 Å². The van der Waals surface area contributed by atoms with Gasteiger partial charge in [0.1, 0.15) is 5.75 Å². The quantitative estimate of drug-likeness (QED) is 0.844. The van der Waals surface area contributed by atoms with Crippen molar-refractivity contribution in [3.63, 3.8) is 0 Å². The van der Waals surface area contributed by atoms with Crippen LogP contribution in [0.25, 0.3) is 0 Å². The number of hydrogen-bond acceptors (Lipinski definition) is 4. The van der Waals surface area contributed by atoms with Crippen LogP contribution >= 0.6 is 11.6 Å². The molecule has 0 aliphatic heterocycles. The Morgan fingerprint density at radius 3 is 2.61 bits per heavy atom. The summed E-state index contributed by atoms with van der Waals surface area (Å²) in [6, 6.07) is 6.63. The van der Waals surface area contributed by atoms with Gasteiger partial charge in [-0.3, -0.25) is 9.48 Å². The summed E-state index contributed by atoms with van der Waals surface area (Å²) >= 11 is 5.76. The first-order valence-electron chi connectivity index (χ1n) is 6.76. The number of hydrogen-bond donors (Lipinski definition) is 2. The van der Waals surface area contributed by atoms with E-state index in [9.17, 15) is 9.59 Å². The van der Waals surface area contributed by atoms with Gasteiger partial charge in [0.15, 0.2) is 12.1 Å². The minimum atomic E-state index is -1.21. The normalized spacial score (nSPS) is 11.1. The highest BCUT2D eigenvalue weighted by molar-refractivity contribution is 6.30. The summed E-state index contributed by atoms with van der Waals surface area (Å²) in [7, 11) is 0. The zero-order chi connectivity index (χ0) is 17.0. The number of aliphatic carboxylic acids is 1. The number of nitrogens with zero attached hydrogens (tertiary/aromatic N) is 2. The van der Waals surface area contributed by atoms with Crippen molar-refractivity contribution in [3.8, 4) is 5.75 Å². The highest BCUT2D eigenvalue weighted by Crippen LogP contribution is 2.18. The predicted molar refractivity (Wildman–Crippen MR) is 84.8 cm³/mol. The monoisotopic (exact) mass is 337 g/mol. The predicted octanol–water partition coefficient (Wildman–Crippen LogP) is 2.37. The van der Waals surface area contributed by atoms with Crippen molar-refractivity contribution in [2.24, 2.45) is 0 Å². The third-order valence-corrected chi connectivity index (χ3v) is 3.40. The van der Waals surface area contributed by atoms with Gasteiger partial charge in [-0.2, -0.15) is 5.10 Å². The van der Waals surface area contributed by atoms with Crippen molar-refractivity contribution >= 4 is 29.2 Å². The Hall–Kier alpha value is -2.54. The van der Waals surface area contributed by atoms with Gasteiger partial charge in [-0.05, 0) is 38.1 Å². The van der Waals surface area contributed by atoms with Crippen LogP contribution < -0.4 is 10.1 Å². The average Bonchev–Trinajstić information content (AvgIpc) is 2.95. The van der Waals surface area contributed by atoms with Crippen molar-refractivity contribution in [1.29, 1.82) is 0 Å². The summed E-state index contributed by atoms with van der Waals surface area (Å²) in [5.74, 6) is -0.885. The first kappa shape index (κ1) is 16.8. The minimum Gasteiger partial charge on any atom is -0.484 e. The summed E-state index contributed by atoms with van der Waals surface area (Å²) in [4.78, 5) is 23.0. The van der Waals surface area contributed by atoms with Gasteiger partial charge in [0, 0.05) is 11.2 Å². The second-order valence-corrected chi connectivity index (χ2v) is 5.76. The number of ether oxygens (including phenoxy) is 1. The van der Waals surface area contributed by atoms with Gasteiger partial charge in [0.2, 0.25) is 0 Å². The van der Waals surface area contributed by atoms with Crippen molar-refractivity contribution < 1.29 is 19.4 Å². The van der Waals surface area contributed by atoms with E-state index in [1.54, 1.807) is 24.3 Å². The molecule has 1 aromatic carbocycles. The molecule has 0 unspecified atom stereocenters. The molecule has 0 saturated carbocycles. The Bertz CT molecular complexity index is 710. The molecule has 0 aliphatic rings. The fraction of sp³-hybridized carbons (Fsp3) is 0.267. The summed E-state index contributed by atoms with van der Waals surface area (Å²) in [5, 5.41) is 16.3. The smallest absolute Gasteiger partial charge is 0.331 e. The van der Waals surface area contributed by atoms with Crippen molar-refractivity contribution in [1.82, 2.24) is 9.78 Å². The molecule has 0 radical (unpaired) electrons. The summed E-state index contributed by atoms with van der Waals surface area (Å²) in [6.45, 7) is 2.84. The third-order valence-electron chi connectivity index (χ3n) is 3.15. The van der Waals surface area contributed by atoms with E-state index in [1.807, 2.05) is 0 Å². The Balaban J connectivity index is 1.92. The number of benzene rings is 1.